The minimum absolute atomic E-state index is 0.862. The lowest BCUT2D eigenvalue weighted by atomic mass is 9.93. The van der Waals surface area contributed by atoms with Gasteiger partial charge < -0.3 is 14.7 Å². The fourth-order valence-electron chi connectivity index (χ4n) is 9.17. The van der Waals surface area contributed by atoms with E-state index in [1.165, 1.54) is 77.1 Å². The summed E-state index contributed by atoms with van der Waals surface area (Å²) in [7, 11) is 0. The van der Waals surface area contributed by atoms with Crippen LogP contribution in [-0.4, -0.2) is 6.54 Å². The number of hydrogen-bond acceptors (Lipinski definition) is 3. The van der Waals surface area contributed by atoms with E-state index in [9.17, 15) is 0 Å². The SMILES string of the molecule is CCN(Cc1cccc(C)c1)c1cccc(N(c2ccc(-c3ccc(N(c4cccc(C)c4)c4ccc5ccc6cccc7ccc4c5c67)cc3)cc2)c2cccc(C)c2)c1. The van der Waals surface area contributed by atoms with Gasteiger partial charge in [0.05, 0.1) is 5.69 Å². The fraction of sp³-hybridized carbons (Fsp3) is 0.103. The first-order valence-electron chi connectivity index (χ1n) is 21.4. The highest BCUT2D eigenvalue weighted by Gasteiger charge is 2.20. The van der Waals surface area contributed by atoms with E-state index in [0.717, 1.165) is 41.5 Å². The minimum atomic E-state index is 0.862. The Morgan fingerprint density at radius 1 is 0.361 bits per heavy atom. The summed E-state index contributed by atoms with van der Waals surface area (Å²) >= 11 is 0. The highest BCUT2D eigenvalue weighted by molar-refractivity contribution is 6.25. The van der Waals surface area contributed by atoms with Crippen LogP contribution in [0.15, 0.2) is 200 Å². The standard InChI is InChI=1S/C58H49N3/c1-5-59(39-43-14-6-11-40(2)35-43)51-17-10-20-54(38-51)60(52-18-7-12-41(3)36-52)49-29-23-44(24-30-49)45-25-31-50(32-26-45)61(53-19-8-13-42(4)37-53)56-34-28-48-22-21-46-15-9-16-47-27-33-55(56)58(48)57(46)47/h6-38H,5,39H2,1-4H3. The Bertz CT molecular complexity index is 3130. The topological polar surface area (TPSA) is 9.72 Å². The molecule has 0 saturated carbocycles. The summed E-state index contributed by atoms with van der Waals surface area (Å²) in [5.41, 5.74) is 15.4. The summed E-state index contributed by atoms with van der Waals surface area (Å²) in [4.78, 5) is 7.24. The maximum absolute atomic E-state index is 2.45. The van der Waals surface area contributed by atoms with Crippen LogP contribution in [0.3, 0.4) is 0 Å². The zero-order valence-electron chi connectivity index (χ0n) is 35.3. The third-order valence-corrected chi connectivity index (χ3v) is 12.1. The van der Waals surface area contributed by atoms with Crippen molar-refractivity contribution in [3.8, 4) is 11.1 Å². The molecule has 0 unspecified atom stereocenters. The molecule has 0 radical (unpaired) electrons. The summed E-state index contributed by atoms with van der Waals surface area (Å²) in [5.74, 6) is 0. The second-order valence-electron chi connectivity index (χ2n) is 16.4. The molecule has 0 aliphatic rings. The Morgan fingerprint density at radius 3 is 1.44 bits per heavy atom. The number of rotatable bonds is 11. The number of nitrogens with zero attached hydrogens (tertiary/aromatic N) is 3. The van der Waals surface area contributed by atoms with E-state index in [0.29, 0.717) is 0 Å². The second-order valence-corrected chi connectivity index (χ2v) is 16.4. The van der Waals surface area contributed by atoms with Gasteiger partial charge in [0.25, 0.3) is 0 Å². The molecule has 61 heavy (non-hydrogen) atoms. The predicted octanol–water partition coefficient (Wildman–Crippen LogP) is 16.1. The van der Waals surface area contributed by atoms with E-state index >= 15 is 0 Å². The van der Waals surface area contributed by atoms with Gasteiger partial charge in [0.2, 0.25) is 0 Å². The van der Waals surface area contributed by atoms with Gasteiger partial charge in [0, 0.05) is 52.6 Å². The summed E-state index contributed by atoms with van der Waals surface area (Å²) in [6.45, 7) is 10.5. The largest absolute Gasteiger partial charge is 0.367 e. The Labute approximate surface area is 359 Å². The van der Waals surface area contributed by atoms with Gasteiger partial charge in [-0.1, -0.05) is 133 Å². The highest BCUT2D eigenvalue weighted by atomic mass is 15.2. The quantitative estimate of drug-likeness (QED) is 0.121. The molecule has 0 bridgehead atoms. The smallest absolute Gasteiger partial charge is 0.0540 e. The van der Waals surface area contributed by atoms with Gasteiger partial charge >= 0.3 is 0 Å². The van der Waals surface area contributed by atoms with Gasteiger partial charge in [-0.25, -0.2) is 0 Å². The van der Waals surface area contributed by atoms with Crippen molar-refractivity contribution in [1.29, 1.82) is 0 Å². The van der Waals surface area contributed by atoms with Crippen molar-refractivity contribution in [3.05, 3.63) is 222 Å². The molecule has 10 aromatic carbocycles. The van der Waals surface area contributed by atoms with Crippen molar-refractivity contribution in [3.63, 3.8) is 0 Å². The molecule has 10 rings (SSSR count). The molecule has 0 N–H and O–H groups in total. The van der Waals surface area contributed by atoms with Crippen molar-refractivity contribution in [1.82, 2.24) is 0 Å². The van der Waals surface area contributed by atoms with Gasteiger partial charge in [-0.05, 0) is 155 Å². The molecule has 0 aliphatic heterocycles. The van der Waals surface area contributed by atoms with Gasteiger partial charge in [-0.15, -0.1) is 0 Å². The normalized spacial score (nSPS) is 11.4. The van der Waals surface area contributed by atoms with Crippen molar-refractivity contribution >= 4 is 72.1 Å². The summed E-state index contributed by atoms with van der Waals surface area (Å²) in [6, 6.07) is 73.8. The second kappa shape index (κ2) is 16.0. The molecule has 0 spiro atoms. The van der Waals surface area contributed by atoms with Crippen molar-refractivity contribution < 1.29 is 0 Å². The molecule has 0 saturated heterocycles. The van der Waals surface area contributed by atoms with Crippen LogP contribution >= 0.6 is 0 Å². The molecule has 0 atom stereocenters. The third kappa shape index (κ3) is 7.34. The molecule has 0 aliphatic carbocycles. The molecule has 0 fully saturated rings. The van der Waals surface area contributed by atoms with Crippen LogP contribution in [0, 0.1) is 20.8 Å². The third-order valence-electron chi connectivity index (χ3n) is 12.1. The minimum Gasteiger partial charge on any atom is -0.367 e. The Kier molecular flexibility index (Phi) is 9.94. The molecule has 0 amide bonds. The zero-order valence-corrected chi connectivity index (χ0v) is 35.3. The molecular formula is C58H49N3. The number of benzene rings is 10. The van der Waals surface area contributed by atoms with Crippen LogP contribution in [0.25, 0.3) is 43.4 Å². The summed E-state index contributed by atoms with van der Waals surface area (Å²) in [6.07, 6.45) is 0. The Morgan fingerprint density at radius 2 is 0.836 bits per heavy atom. The van der Waals surface area contributed by atoms with Crippen LogP contribution in [0.2, 0.25) is 0 Å². The Hall–Kier alpha value is -7.36. The van der Waals surface area contributed by atoms with Gasteiger partial charge in [-0.3, -0.25) is 0 Å². The molecule has 296 valence electrons. The monoisotopic (exact) mass is 787 g/mol. The van der Waals surface area contributed by atoms with Crippen molar-refractivity contribution in [2.45, 2.75) is 34.2 Å². The van der Waals surface area contributed by atoms with Gasteiger partial charge in [-0.2, -0.15) is 0 Å². The maximum atomic E-state index is 2.45. The fourth-order valence-corrected chi connectivity index (χ4v) is 9.17. The van der Waals surface area contributed by atoms with Crippen molar-refractivity contribution in [2.75, 3.05) is 21.2 Å². The molecule has 0 aromatic heterocycles. The van der Waals surface area contributed by atoms with Crippen LogP contribution in [0.5, 0.6) is 0 Å². The zero-order chi connectivity index (χ0) is 41.5. The van der Waals surface area contributed by atoms with Crippen LogP contribution in [-0.2, 0) is 6.54 Å². The average molecular weight is 788 g/mol. The average Bonchev–Trinajstić information content (AvgIpc) is 3.29. The van der Waals surface area contributed by atoms with E-state index < -0.39 is 0 Å². The number of anilines is 7. The number of hydrogen-bond donors (Lipinski definition) is 0. The van der Waals surface area contributed by atoms with E-state index in [2.05, 4.69) is 243 Å². The lowest BCUT2D eigenvalue weighted by Gasteiger charge is -2.29. The van der Waals surface area contributed by atoms with E-state index in [1.807, 2.05) is 0 Å². The first kappa shape index (κ1) is 37.9. The van der Waals surface area contributed by atoms with Crippen LogP contribution in [0.1, 0.15) is 29.2 Å². The maximum Gasteiger partial charge on any atom is 0.0540 e. The number of aryl methyl sites for hydroxylation is 3. The molecule has 3 heteroatoms. The Balaban J connectivity index is 0.997. The summed E-state index contributed by atoms with van der Waals surface area (Å²) in [5, 5.41) is 7.72. The van der Waals surface area contributed by atoms with Crippen LogP contribution < -0.4 is 14.7 Å². The first-order chi connectivity index (χ1) is 29.9. The van der Waals surface area contributed by atoms with E-state index in [-0.39, 0.29) is 0 Å². The molecule has 10 aromatic rings. The molecular weight excluding hydrogens is 739 g/mol. The lowest BCUT2D eigenvalue weighted by molar-refractivity contribution is 0.831. The molecule has 3 nitrogen and oxygen atoms in total. The van der Waals surface area contributed by atoms with E-state index in [4.69, 9.17) is 0 Å². The van der Waals surface area contributed by atoms with Gasteiger partial charge in [0.1, 0.15) is 0 Å². The summed E-state index contributed by atoms with van der Waals surface area (Å²) < 4.78 is 0. The highest BCUT2D eigenvalue weighted by Crippen LogP contribution is 2.45. The van der Waals surface area contributed by atoms with Crippen LogP contribution in [0.4, 0.5) is 39.8 Å². The lowest BCUT2D eigenvalue weighted by Crippen LogP contribution is -2.22. The molecule has 0 heterocycles. The van der Waals surface area contributed by atoms with Gasteiger partial charge in [0.15, 0.2) is 0 Å². The first-order valence-corrected chi connectivity index (χ1v) is 21.4. The van der Waals surface area contributed by atoms with Crippen molar-refractivity contribution in [2.24, 2.45) is 0 Å². The predicted molar refractivity (Wildman–Crippen MR) is 262 cm³/mol. The van der Waals surface area contributed by atoms with E-state index in [1.54, 1.807) is 0 Å².